The van der Waals surface area contributed by atoms with E-state index in [1.54, 1.807) is 23.0 Å². The van der Waals surface area contributed by atoms with Crippen molar-refractivity contribution >= 4 is 17.7 Å². The number of hydrogen-bond donors (Lipinski definition) is 0. The standard InChI is InChI=1S/C26H36N2O5/c1-19(29)33-23-14-7-6-12-21(23)13-8-10-20(11-9-17-32-25(31)26(2,3)4)18-22(30)24-27-15-16-28(24)5/h6-7,12,14-16,20H,8-11,13,17-18H2,1-5H3. The number of aromatic nitrogens is 2. The lowest BCUT2D eigenvalue weighted by atomic mass is 9.90. The van der Waals surface area contributed by atoms with E-state index in [1.807, 2.05) is 46.0 Å². The summed E-state index contributed by atoms with van der Waals surface area (Å²) >= 11 is 0. The molecule has 0 amide bonds. The van der Waals surface area contributed by atoms with Gasteiger partial charge in [0, 0.05) is 32.8 Å². The zero-order valence-corrected chi connectivity index (χ0v) is 20.4. The van der Waals surface area contributed by atoms with Crippen molar-refractivity contribution in [2.75, 3.05) is 6.61 Å². The van der Waals surface area contributed by atoms with E-state index in [0.717, 1.165) is 31.2 Å². The molecule has 1 heterocycles. The maximum absolute atomic E-state index is 12.8. The van der Waals surface area contributed by atoms with Crippen LogP contribution in [0.15, 0.2) is 36.7 Å². The van der Waals surface area contributed by atoms with Crippen LogP contribution in [0.2, 0.25) is 0 Å². The van der Waals surface area contributed by atoms with Crippen molar-refractivity contribution in [2.45, 2.75) is 66.2 Å². The van der Waals surface area contributed by atoms with Gasteiger partial charge in [0.15, 0.2) is 11.6 Å². The van der Waals surface area contributed by atoms with Crippen LogP contribution in [0.4, 0.5) is 0 Å². The van der Waals surface area contributed by atoms with E-state index < -0.39 is 5.41 Å². The quantitative estimate of drug-likeness (QED) is 0.195. The molecule has 7 heteroatoms. The molecule has 33 heavy (non-hydrogen) atoms. The van der Waals surface area contributed by atoms with Crippen molar-refractivity contribution in [1.29, 1.82) is 0 Å². The van der Waals surface area contributed by atoms with E-state index in [0.29, 0.717) is 31.0 Å². The van der Waals surface area contributed by atoms with Gasteiger partial charge in [0.2, 0.25) is 0 Å². The van der Waals surface area contributed by atoms with Crippen molar-refractivity contribution in [3.05, 3.63) is 48.0 Å². The van der Waals surface area contributed by atoms with Crippen molar-refractivity contribution in [1.82, 2.24) is 9.55 Å². The van der Waals surface area contributed by atoms with Crippen molar-refractivity contribution < 1.29 is 23.9 Å². The Kier molecular flexibility index (Phi) is 9.82. The number of Topliss-reactive ketones (excluding diaryl/α,β-unsaturated/α-hetero) is 1. The van der Waals surface area contributed by atoms with Crippen molar-refractivity contribution in [2.24, 2.45) is 18.4 Å². The minimum Gasteiger partial charge on any atom is -0.465 e. The van der Waals surface area contributed by atoms with Gasteiger partial charge >= 0.3 is 11.9 Å². The number of esters is 2. The van der Waals surface area contributed by atoms with Gasteiger partial charge in [-0.3, -0.25) is 14.4 Å². The monoisotopic (exact) mass is 456 g/mol. The minimum atomic E-state index is -0.525. The fourth-order valence-corrected chi connectivity index (χ4v) is 3.64. The lowest BCUT2D eigenvalue weighted by molar-refractivity contribution is -0.153. The van der Waals surface area contributed by atoms with Crippen LogP contribution in [0.3, 0.4) is 0 Å². The van der Waals surface area contributed by atoms with Crippen LogP contribution < -0.4 is 4.74 Å². The average Bonchev–Trinajstić information content (AvgIpc) is 3.16. The Hall–Kier alpha value is -2.96. The molecule has 0 N–H and O–H groups in total. The summed E-state index contributed by atoms with van der Waals surface area (Å²) in [5.74, 6) is 0.637. The van der Waals surface area contributed by atoms with Crippen molar-refractivity contribution in [3.8, 4) is 5.75 Å². The van der Waals surface area contributed by atoms with Crippen molar-refractivity contribution in [3.63, 3.8) is 0 Å². The number of carbonyl (C=O) groups is 3. The highest BCUT2D eigenvalue weighted by Gasteiger charge is 2.23. The molecule has 1 aromatic heterocycles. The summed E-state index contributed by atoms with van der Waals surface area (Å²) in [6, 6.07) is 7.52. The fourth-order valence-electron chi connectivity index (χ4n) is 3.64. The maximum atomic E-state index is 12.8. The molecule has 2 aromatic rings. The summed E-state index contributed by atoms with van der Waals surface area (Å²) < 4.78 is 12.4. The second kappa shape index (κ2) is 12.3. The lowest BCUT2D eigenvalue weighted by Gasteiger charge is -2.19. The number of rotatable bonds is 12. The third-order valence-electron chi connectivity index (χ3n) is 5.43. The molecule has 180 valence electrons. The molecule has 0 radical (unpaired) electrons. The van der Waals surface area contributed by atoms with Gasteiger partial charge < -0.3 is 14.0 Å². The first kappa shape index (κ1) is 26.3. The zero-order chi connectivity index (χ0) is 24.4. The fraction of sp³-hybridized carbons (Fsp3) is 0.538. The van der Waals surface area contributed by atoms with E-state index in [-0.39, 0.29) is 23.6 Å². The summed E-state index contributed by atoms with van der Waals surface area (Å²) in [6.07, 6.45) is 7.68. The number of ketones is 1. The molecule has 0 aliphatic rings. The Balaban J connectivity index is 1.95. The van der Waals surface area contributed by atoms with Gasteiger partial charge in [0.25, 0.3) is 0 Å². The van der Waals surface area contributed by atoms with E-state index in [2.05, 4.69) is 4.98 Å². The summed E-state index contributed by atoms with van der Waals surface area (Å²) in [6.45, 7) is 7.23. The van der Waals surface area contributed by atoms with Crippen LogP contribution in [0.1, 0.15) is 76.0 Å². The Labute approximate surface area is 196 Å². The largest absolute Gasteiger partial charge is 0.465 e. The summed E-state index contributed by atoms with van der Waals surface area (Å²) in [7, 11) is 1.81. The second-order valence-electron chi connectivity index (χ2n) is 9.48. The first-order chi connectivity index (χ1) is 15.6. The van der Waals surface area contributed by atoms with Gasteiger partial charge in [-0.1, -0.05) is 18.2 Å². The zero-order valence-electron chi connectivity index (χ0n) is 20.4. The number of aryl methyl sites for hydroxylation is 2. The van der Waals surface area contributed by atoms with Gasteiger partial charge in [-0.25, -0.2) is 4.98 Å². The highest BCUT2D eigenvalue weighted by molar-refractivity contribution is 5.92. The third-order valence-corrected chi connectivity index (χ3v) is 5.43. The molecule has 7 nitrogen and oxygen atoms in total. The third kappa shape index (κ3) is 8.83. The Morgan fingerprint density at radius 1 is 1.09 bits per heavy atom. The number of ether oxygens (including phenoxy) is 2. The predicted molar refractivity (Wildman–Crippen MR) is 126 cm³/mol. The molecule has 0 aliphatic carbocycles. The van der Waals surface area contributed by atoms with Gasteiger partial charge in [0.05, 0.1) is 12.0 Å². The number of nitrogens with zero attached hydrogens (tertiary/aromatic N) is 2. The first-order valence-corrected chi connectivity index (χ1v) is 11.5. The van der Waals surface area contributed by atoms with Crippen LogP contribution in [-0.2, 0) is 27.8 Å². The Morgan fingerprint density at radius 2 is 1.79 bits per heavy atom. The predicted octanol–water partition coefficient (Wildman–Crippen LogP) is 4.93. The number of imidazole rings is 1. The van der Waals surface area contributed by atoms with Crippen LogP contribution in [0.25, 0.3) is 0 Å². The number of benzene rings is 1. The molecule has 0 aliphatic heterocycles. The molecule has 0 spiro atoms. The molecular formula is C26H36N2O5. The van der Waals surface area contributed by atoms with E-state index in [9.17, 15) is 14.4 Å². The molecule has 0 fully saturated rings. The minimum absolute atomic E-state index is 0.0134. The van der Waals surface area contributed by atoms with Crippen LogP contribution >= 0.6 is 0 Å². The van der Waals surface area contributed by atoms with Crippen LogP contribution in [-0.4, -0.2) is 33.9 Å². The van der Waals surface area contributed by atoms with Gasteiger partial charge in [-0.05, 0) is 70.4 Å². The van der Waals surface area contributed by atoms with E-state index in [1.165, 1.54) is 6.92 Å². The smallest absolute Gasteiger partial charge is 0.311 e. The number of carbonyl (C=O) groups excluding carboxylic acids is 3. The molecule has 0 saturated heterocycles. The SMILES string of the molecule is CC(=O)Oc1ccccc1CCCC(CCCOC(=O)C(C)(C)C)CC(=O)c1nccn1C. The van der Waals surface area contributed by atoms with E-state index in [4.69, 9.17) is 9.47 Å². The Morgan fingerprint density at radius 3 is 2.42 bits per heavy atom. The van der Waals surface area contributed by atoms with Crippen LogP contribution in [0.5, 0.6) is 5.75 Å². The maximum Gasteiger partial charge on any atom is 0.311 e. The molecule has 1 unspecified atom stereocenters. The van der Waals surface area contributed by atoms with Gasteiger partial charge in [0.1, 0.15) is 5.75 Å². The summed E-state index contributed by atoms with van der Waals surface area (Å²) in [5, 5.41) is 0. The molecule has 0 saturated carbocycles. The number of para-hydroxylation sites is 1. The molecular weight excluding hydrogens is 420 g/mol. The normalized spacial score (nSPS) is 12.3. The molecule has 1 aromatic carbocycles. The van der Waals surface area contributed by atoms with Gasteiger partial charge in [-0.2, -0.15) is 0 Å². The number of hydrogen-bond acceptors (Lipinski definition) is 6. The molecule has 0 bridgehead atoms. The molecule has 1 atom stereocenters. The summed E-state index contributed by atoms with van der Waals surface area (Å²) in [5.41, 5.74) is 0.448. The average molecular weight is 457 g/mol. The second-order valence-corrected chi connectivity index (χ2v) is 9.48. The Bertz CT molecular complexity index is 942. The van der Waals surface area contributed by atoms with Crippen LogP contribution in [0, 0.1) is 11.3 Å². The van der Waals surface area contributed by atoms with E-state index >= 15 is 0 Å². The van der Waals surface area contributed by atoms with Gasteiger partial charge in [-0.15, -0.1) is 0 Å². The lowest BCUT2D eigenvalue weighted by Crippen LogP contribution is -2.23. The highest BCUT2D eigenvalue weighted by Crippen LogP contribution is 2.25. The first-order valence-electron chi connectivity index (χ1n) is 11.5. The molecule has 2 rings (SSSR count). The summed E-state index contributed by atoms with van der Waals surface area (Å²) in [4.78, 5) is 40.3. The highest BCUT2D eigenvalue weighted by atomic mass is 16.5. The topological polar surface area (TPSA) is 87.5 Å².